The fraction of sp³-hybridized carbons (Fsp3) is 1.00. The first-order valence-electron chi connectivity index (χ1n) is 3.67. The van der Waals surface area contributed by atoms with E-state index in [0.29, 0.717) is 26.1 Å². The number of ether oxygens (including phenoxy) is 1. The highest BCUT2D eigenvalue weighted by Crippen LogP contribution is 2.28. The van der Waals surface area contributed by atoms with Crippen molar-refractivity contribution in [3.8, 4) is 0 Å². The molecule has 1 heterocycles. The van der Waals surface area contributed by atoms with Crippen molar-refractivity contribution in [3.63, 3.8) is 0 Å². The van der Waals surface area contributed by atoms with Gasteiger partial charge in [0, 0.05) is 23.9 Å². The first kappa shape index (κ1) is 10.6. The van der Waals surface area contributed by atoms with Crippen LogP contribution in [-0.2, 0) is 13.8 Å². The predicted octanol–water partition coefficient (Wildman–Crippen LogP) is 1.55. The van der Waals surface area contributed by atoms with E-state index in [4.69, 9.17) is 27.0 Å². The molecule has 1 aliphatic rings. The van der Waals surface area contributed by atoms with E-state index in [1.807, 2.05) is 0 Å². The van der Waals surface area contributed by atoms with Crippen molar-refractivity contribution in [1.29, 1.82) is 0 Å². The van der Waals surface area contributed by atoms with Crippen molar-refractivity contribution in [2.45, 2.75) is 17.6 Å². The van der Waals surface area contributed by atoms with Crippen LogP contribution in [0.4, 0.5) is 0 Å². The molecule has 0 aromatic rings. The van der Waals surface area contributed by atoms with E-state index in [0.717, 1.165) is 0 Å². The summed E-state index contributed by atoms with van der Waals surface area (Å²) in [5.74, 6) is -0.0667. The van der Waals surface area contributed by atoms with Crippen LogP contribution in [-0.4, -0.2) is 26.3 Å². The third-order valence-corrected chi connectivity index (χ3v) is 4.74. The lowest BCUT2D eigenvalue weighted by Gasteiger charge is -2.24. The van der Waals surface area contributed by atoms with Crippen LogP contribution in [0, 0.1) is 5.92 Å². The molecule has 1 fully saturated rings. The molecule has 1 unspecified atom stereocenters. The van der Waals surface area contributed by atoms with Crippen LogP contribution in [0.25, 0.3) is 0 Å². The zero-order valence-corrected chi connectivity index (χ0v) is 8.70. The molecule has 1 saturated heterocycles. The largest absolute Gasteiger partial charge is 0.381 e. The van der Waals surface area contributed by atoms with Gasteiger partial charge in [-0.15, -0.1) is 11.6 Å². The Kier molecular flexibility index (Phi) is 3.64. The highest BCUT2D eigenvalue weighted by Gasteiger charge is 2.31. The van der Waals surface area contributed by atoms with Crippen molar-refractivity contribution in [1.82, 2.24) is 0 Å². The highest BCUT2D eigenvalue weighted by molar-refractivity contribution is 8.15. The number of alkyl halides is 1. The normalized spacial score (nSPS) is 23.8. The van der Waals surface area contributed by atoms with E-state index in [1.165, 1.54) is 0 Å². The molecule has 72 valence electrons. The van der Waals surface area contributed by atoms with Gasteiger partial charge in [-0.1, -0.05) is 0 Å². The average Bonchev–Trinajstić information content (AvgIpc) is 2.03. The van der Waals surface area contributed by atoms with Crippen molar-refractivity contribution in [2.24, 2.45) is 5.92 Å². The molecule has 0 amide bonds. The Labute approximate surface area is 81.4 Å². The molecule has 0 aliphatic carbocycles. The summed E-state index contributed by atoms with van der Waals surface area (Å²) in [6.07, 6.45) is 1.33. The lowest BCUT2D eigenvalue weighted by Crippen LogP contribution is -2.27. The summed E-state index contributed by atoms with van der Waals surface area (Å²) in [6, 6.07) is 0. The quantitative estimate of drug-likeness (QED) is 0.536. The summed E-state index contributed by atoms with van der Waals surface area (Å²) in [5, 5.41) is 0. The molecule has 0 spiro atoms. The van der Waals surface area contributed by atoms with Crippen molar-refractivity contribution in [3.05, 3.63) is 0 Å². The third kappa shape index (κ3) is 2.76. The molecule has 0 radical (unpaired) electrons. The first-order chi connectivity index (χ1) is 5.52. The standard InChI is InChI=1S/C6H10Cl2O3S/c7-6(12(8,9)10)5-1-3-11-4-2-5/h5-6H,1-4H2. The summed E-state index contributed by atoms with van der Waals surface area (Å²) < 4.78 is 25.7. The van der Waals surface area contributed by atoms with Gasteiger partial charge < -0.3 is 4.74 Å². The summed E-state index contributed by atoms with van der Waals surface area (Å²) >= 11 is 5.66. The number of hydrogen-bond donors (Lipinski definition) is 0. The number of halogens is 2. The Morgan fingerprint density at radius 1 is 1.33 bits per heavy atom. The van der Waals surface area contributed by atoms with Gasteiger partial charge in [-0.3, -0.25) is 0 Å². The SMILES string of the molecule is O=S(=O)(Cl)C(Cl)C1CCOCC1. The van der Waals surface area contributed by atoms with Crippen LogP contribution >= 0.6 is 22.3 Å². The van der Waals surface area contributed by atoms with Gasteiger partial charge in [0.05, 0.1) is 0 Å². The maximum Gasteiger partial charge on any atom is 0.249 e. The maximum atomic E-state index is 10.8. The van der Waals surface area contributed by atoms with Gasteiger partial charge in [0.2, 0.25) is 9.05 Å². The van der Waals surface area contributed by atoms with Gasteiger partial charge in [0.1, 0.15) is 0 Å². The number of hydrogen-bond acceptors (Lipinski definition) is 3. The zero-order chi connectivity index (χ0) is 9.19. The second kappa shape index (κ2) is 4.13. The minimum absolute atomic E-state index is 0.0667. The Morgan fingerprint density at radius 2 is 1.83 bits per heavy atom. The molecular weight excluding hydrogens is 223 g/mol. The van der Waals surface area contributed by atoms with Crippen LogP contribution in [0.15, 0.2) is 0 Å². The molecular formula is C6H10Cl2O3S. The summed E-state index contributed by atoms with van der Waals surface area (Å²) in [4.78, 5) is 0. The van der Waals surface area contributed by atoms with E-state index in [1.54, 1.807) is 0 Å². The van der Waals surface area contributed by atoms with Gasteiger partial charge in [-0.05, 0) is 18.8 Å². The Bertz CT molecular complexity index is 233. The van der Waals surface area contributed by atoms with E-state index >= 15 is 0 Å². The Morgan fingerprint density at radius 3 is 2.25 bits per heavy atom. The minimum Gasteiger partial charge on any atom is -0.381 e. The van der Waals surface area contributed by atoms with E-state index in [2.05, 4.69) is 0 Å². The van der Waals surface area contributed by atoms with Gasteiger partial charge in [0.15, 0.2) is 4.71 Å². The van der Waals surface area contributed by atoms with E-state index in [9.17, 15) is 8.42 Å². The molecule has 6 heteroatoms. The number of rotatable bonds is 2. The predicted molar refractivity (Wildman–Crippen MR) is 48.0 cm³/mol. The van der Waals surface area contributed by atoms with Gasteiger partial charge in [0.25, 0.3) is 0 Å². The highest BCUT2D eigenvalue weighted by atomic mass is 35.7. The lowest BCUT2D eigenvalue weighted by atomic mass is 10.0. The first-order valence-corrected chi connectivity index (χ1v) is 6.48. The van der Waals surface area contributed by atoms with E-state index in [-0.39, 0.29) is 5.92 Å². The second-order valence-corrected chi connectivity index (χ2v) is 6.25. The molecule has 0 bridgehead atoms. The molecule has 1 rings (SSSR count). The van der Waals surface area contributed by atoms with E-state index < -0.39 is 13.8 Å². The van der Waals surface area contributed by atoms with Crippen LogP contribution in [0.1, 0.15) is 12.8 Å². The second-order valence-electron chi connectivity index (χ2n) is 2.78. The molecule has 1 aliphatic heterocycles. The monoisotopic (exact) mass is 232 g/mol. The lowest BCUT2D eigenvalue weighted by molar-refractivity contribution is 0.0700. The smallest absolute Gasteiger partial charge is 0.249 e. The third-order valence-electron chi connectivity index (χ3n) is 1.91. The van der Waals surface area contributed by atoms with Crippen LogP contribution in [0.3, 0.4) is 0 Å². The molecule has 0 saturated carbocycles. The maximum absolute atomic E-state index is 10.8. The summed E-state index contributed by atoms with van der Waals surface area (Å²) in [7, 11) is 1.50. The zero-order valence-electron chi connectivity index (χ0n) is 6.37. The summed E-state index contributed by atoms with van der Waals surface area (Å²) in [6.45, 7) is 1.14. The molecule has 0 N–H and O–H groups in total. The van der Waals surface area contributed by atoms with Crippen LogP contribution in [0.2, 0.25) is 0 Å². The Balaban J connectivity index is 2.57. The minimum atomic E-state index is -3.62. The van der Waals surface area contributed by atoms with Crippen LogP contribution in [0.5, 0.6) is 0 Å². The van der Waals surface area contributed by atoms with Crippen LogP contribution < -0.4 is 0 Å². The topological polar surface area (TPSA) is 43.4 Å². The fourth-order valence-corrected chi connectivity index (χ4v) is 2.63. The molecule has 12 heavy (non-hydrogen) atoms. The average molecular weight is 233 g/mol. The van der Waals surface area contributed by atoms with Crippen molar-refractivity contribution >= 4 is 31.3 Å². The molecule has 1 atom stereocenters. The van der Waals surface area contributed by atoms with Crippen molar-refractivity contribution in [2.75, 3.05) is 13.2 Å². The van der Waals surface area contributed by atoms with Gasteiger partial charge >= 0.3 is 0 Å². The fourth-order valence-electron chi connectivity index (χ4n) is 1.21. The summed E-state index contributed by atoms with van der Waals surface area (Å²) in [5.41, 5.74) is 0. The van der Waals surface area contributed by atoms with Crippen molar-refractivity contribution < 1.29 is 13.2 Å². The van der Waals surface area contributed by atoms with Gasteiger partial charge in [-0.25, -0.2) is 8.42 Å². The molecule has 0 aromatic carbocycles. The Hall–Kier alpha value is 0.490. The van der Waals surface area contributed by atoms with Gasteiger partial charge in [-0.2, -0.15) is 0 Å². The molecule has 0 aromatic heterocycles. The molecule has 3 nitrogen and oxygen atoms in total.